The standard InChI is InChI=1S/C17H14Cl2N2O2/c18-15-4-2-1-3-13(15)10-21(14-7-17(22)23-11-14)9-12-5-6-16(19)20-8-12/h1-8H,9-11H2. The van der Waals surface area contributed by atoms with Gasteiger partial charge >= 0.3 is 5.97 Å². The average molecular weight is 349 g/mol. The molecule has 2 heterocycles. The molecule has 0 amide bonds. The Hall–Kier alpha value is -2.04. The number of benzene rings is 1. The monoisotopic (exact) mass is 348 g/mol. The summed E-state index contributed by atoms with van der Waals surface area (Å²) < 4.78 is 5.03. The number of esters is 1. The summed E-state index contributed by atoms with van der Waals surface area (Å²) in [5, 5.41) is 1.14. The van der Waals surface area contributed by atoms with Crippen molar-refractivity contribution >= 4 is 29.2 Å². The van der Waals surface area contributed by atoms with Gasteiger partial charge in [-0.15, -0.1) is 0 Å². The maximum Gasteiger partial charge on any atom is 0.333 e. The van der Waals surface area contributed by atoms with Gasteiger partial charge in [0.2, 0.25) is 0 Å². The van der Waals surface area contributed by atoms with Crippen LogP contribution in [0.1, 0.15) is 11.1 Å². The van der Waals surface area contributed by atoms with Gasteiger partial charge < -0.3 is 9.64 Å². The van der Waals surface area contributed by atoms with Crippen molar-refractivity contribution < 1.29 is 9.53 Å². The molecular formula is C17H14Cl2N2O2. The molecule has 4 nitrogen and oxygen atoms in total. The number of nitrogens with zero attached hydrogens (tertiary/aromatic N) is 2. The highest BCUT2D eigenvalue weighted by atomic mass is 35.5. The minimum Gasteiger partial charge on any atom is -0.456 e. The quantitative estimate of drug-likeness (QED) is 0.608. The van der Waals surface area contributed by atoms with Gasteiger partial charge in [0, 0.05) is 30.4 Å². The lowest BCUT2D eigenvalue weighted by molar-refractivity contribution is -0.135. The number of hydrogen-bond donors (Lipinski definition) is 0. The van der Waals surface area contributed by atoms with Crippen molar-refractivity contribution in [2.75, 3.05) is 6.61 Å². The van der Waals surface area contributed by atoms with E-state index in [1.807, 2.05) is 30.3 Å². The van der Waals surface area contributed by atoms with E-state index in [9.17, 15) is 4.79 Å². The van der Waals surface area contributed by atoms with Gasteiger partial charge in [0.25, 0.3) is 0 Å². The molecule has 0 spiro atoms. The number of pyridine rings is 1. The Morgan fingerprint density at radius 2 is 1.96 bits per heavy atom. The van der Waals surface area contributed by atoms with Crippen LogP contribution in [0.2, 0.25) is 10.2 Å². The maximum atomic E-state index is 11.4. The first-order chi connectivity index (χ1) is 11.1. The number of carbonyl (C=O) groups excluding carboxylic acids is 1. The molecule has 1 aromatic heterocycles. The highest BCUT2D eigenvalue weighted by Gasteiger charge is 2.20. The van der Waals surface area contributed by atoms with Crippen LogP contribution in [0, 0.1) is 0 Å². The number of cyclic esters (lactones) is 1. The Labute approximate surface area is 144 Å². The molecule has 0 radical (unpaired) electrons. The van der Waals surface area contributed by atoms with Crippen LogP contribution in [0.4, 0.5) is 0 Å². The summed E-state index contributed by atoms with van der Waals surface area (Å²) in [5.41, 5.74) is 2.79. The van der Waals surface area contributed by atoms with Crippen LogP contribution < -0.4 is 0 Å². The summed E-state index contributed by atoms with van der Waals surface area (Å²) >= 11 is 12.1. The van der Waals surface area contributed by atoms with Gasteiger partial charge in [0.05, 0.1) is 5.70 Å². The van der Waals surface area contributed by atoms with Crippen LogP contribution in [0.3, 0.4) is 0 Å². The lowest BCUT2D eigenvalue weighted by Crippen LogP contribution is -2.23. The van der Waals surface area contributed by atoms with Crippen molar-refractivity contribution in [3.05, 3.63) is 75.7 Å². The van der Waals surface area contributed by atoms with E-state index in [1.165, 1.54) is 6.08 Å². The van der Waals surface area contributed by atoms with Crippen LogP contribution in [-0.4, -0.2) is 22.5 Å². The molecule has 0 aliphatic carbocycles. The number of aromatic nitrogens is 1. The van der Waals surface area contributed by atoms with Gasteiger partial charge in [-0.1, -0.05) is 47.5 Å². The summed E-state index contributed by atoms with van der Waals surface area (Å²) in [7, 11) is 0. The molecule has 0 saturated heterocycles. The topological polar surface area (TPSA) is 42.4 Å². The van der Waals surface area contributed by atoms with Crippen LogP contribution >= 0.6 is 23.2 Å². The summed E-state index contributed by atoms with van der Waals surface area (Å²) in [6.45, 7) is 1.42. The molecule has 0 bridgehead atoms. The van der Waals surface area contributed by atoms with E-state index in [-0.39, 0.29) is 12.6 Å². The fraction of sp³-hybridized carbons (Fsp3) is 0.176. The molecule has 1 aliphatic heterocycles. The molecule has 0 atom stereocenters. The highest BCUT2D eigenvalue weighted by molar-refractivity contribution is 6.31. The van der Waals surface area contributed by atoms with E-state index in [1.54, 1.807) is 12.3 Å². The molecule has 1 aliphatic rings. The fourth-order valence-electron chi connectivity index (χ4n) is 2.36. The zero-order chi connectivity index (χ0) is 16.2. The van der Waals surface area contributed by atoms with E-state index in [2.05, 4.69) is 9.88 Å². The van der Waals surface area contributed by atoms with E-state index < -0.39 is 0 Å². The molecule has 0 unspecified atom stereocenters. The van der Waals surface area contributed by atoms with Crippen LogP contribution in [0.15, 0.2) is 54.4 Å². The number of halogens is 2. The lowest BCUT2D eigenvalue weighted by Gasteiger charge is -2.25. The first-order valence-corrected chi connectivity index (χ1v) is 7.83. The Morgan fingerprint density at radius 1 is 1.13 bits per heavy atom. The van der Waals surface area contributed by atoms with Crippen molar-refractivity contribution in [2.24, 2.45) is 0 Å². The molecular weight excluding hydrogens is 335 g/mol. The Balaban J connectivity index is 1.84. The number of ether oxygens (including phenoxy) is 1. The Kier molecular flexibility index (Phi) is 4.84. The van der Waals surface area contributed by atoms with Gasteiger partial charge in [0.1, 0.15) is 11.8 Å². The van der Waals surface area contributed by atoms with Crippen molar-refractivity contribution in [1.82, 2.24) is 9.88 Å². The summed E-state index contributed by atoms with van der Waals surface area (Å²) in [6.07, 6.45) is 3.24. The van der Waals surface area contributed by atoms with Crippen LogP contribution in [0.5, 0.6) is 0 Å². The van der Waals surface area contributed by atoms with Gasteiger partial charge in [-0.3, -0.25) is 0 Å². The summed E-state index contributed by atoms with van der Waals surface area (Å²) in [4.78, 5) is 17.5. The largest absolute Gasteiger partial charge is 0.456 e. The zero-order valence-corrected chi connectivity index (χ0v) is 13.7. The molecule has 0 saturated carbocycles. The first-order valence-electron chi connectivity index (χ1n) is 7.08. The second-order valence-corrected chi connectivity index (χ2v) is 5.97. The minimum absolute atomic E-state index is 0.268. The number of hydrogen-bond acceptors (Lipinski definition) is 4. The number of carbonyl (C=O) groups is 1. The first kappa shape index (κ1) is 15.8. The Morgan fingerprint density at radius 3 is 2.61 bits per heavy atom. The minimum atomic E-state index is -0.321. The molecule has 0 fully saturated rings. The van der Waals surface area contributed by atoms with Gasteiger partial charge in [0.15, 0.2) is 0 Å². The normalized spacial score (nSPS) is 13.7. The summed E-state index contributed by atoms with van der Waals surface area (Å²) in [5.74, 6) is -0.321. The third-order valence-corrected chi connectivity index (χ3v) is 4.13. The third kappa shape index (κ3) is 4.03. The number of rotatable bonds is 5. The van der Waals surface area contributed by atoms with Gasteiger partial charge in [-0.2, -0.15) is 0 Å². The molecule has 3 rings (SSSR count). The van der Waals surface area contributed by atoms with Gasteiger partial charge in [-0.05, 0) is 23.3 Å². The second-order valence-electron chi connectivity index (χ2n) is 5.18. The lowest BCUT2D eigenvalue weighted by atomic mass is 10.1. The maximum absolute atomic E-state index is 11.4. The zero-order valence-electron chi connectivity index (χ0n) is 12.2. The molecule has 0 N–H and O–H groups in total. The third-order valence-electron chi connectivity index (χ3n) is 3.53. The van der Waals surface area contributed by atoms with Crippen LogP contribution in [0.25, 0.3) is 0 Å². The van der Waals surface area contributed by atoms with Crippen molar-refractivity contribution in [2.45, 2.75) is 13.1 Å². The fourth-order valence-corrected chi connectivity index (χ4v) is 2.67. The predicted octanol–water partition coefficient (Wildman–Crippen LogP) is 3.83. The van der Waals surface area contributed by atoms with E-state index >= 15 is 0 Å². The van der Waals surface area contributed by atoms with E-state index in [0.29, 0.717) is 23.3 Å². The molecule has 118 valence electrons. The van der Waals surface area contributed by atoms with Crippen molar-refractivity contribution in [3.8, 4) is 0 Å². The van der Waals surface area contributed by atoms with Crippen LogP contribution in [-0.2, 0) is 22.6 Å². The molecule has 23 heavy (non-hydrogen) atoms. The van der Waals surface area contributed by atoms with E-state index in [4.69, 9.17) is 27.9 Å². The van der Waals surface area contributed by atoms with E-state index in [0.717, 1.165) is 16.8 Å². The molecule has 6 heteroatoms. The summed E-state index contributed by atoms with van der Waals surface area (Å²) in [6, 6.07) is 11.3. The average Bonchev–Trinajstić information content (AvgIpc) is 2.97. The SMILES string of the molecule is O=C1C=C(N(Cc2ccc(Cl)nc2)Cc2ccccc2Cl)CO1. The van der Waals surface area contributed by atoms with Gasteiger partial charge in [-0.25, -0.2) is 9.78 Å². The smallest absolute Gasteiger partial charge is 0.333 e. The van der Waals surface area contributed by atoms with Crippen molar-refractivity contribution in [3.63, 3.8) is 0 Å². The second kappa shape index (κ2) is 7.02. The van der Waals surface area contributed by atoms with Crippen molar-refractivity contribution in [1.29, 1.82) is 0 Å². The Bertz CT molecular complexity index is 745. The molecule has 1 aromatic carbocycles. The highest BCUT2D eigenvalue weighted by Crippen LogP contribution is 2.23. The molecule has 2 aromatic rings. The predicted molar refractivity (Wildman–Crippen MR) is 89.0 cm³/mol.